The second kappa shape index (κ2) is 9.19. The lowest BCUT2D eigenvalue weighted by molar-refractivity contribution is 0.255. The molecule has 1 aromatic rings. The van der Waals surface area contributed by atoms with Gasteiger partial charge < -0.3 is 9.64 Å². The lowest BCUT2D eigenvalue weighted by Crippen LogP contribution is -2.24. The van der Waals surface area contributed by atoms with E-state index in [0.717, 1.165) is 32.0 Å². The summed E-state index contributed by atoms with van der Waals surface area (Å²) in [6.45, 7) is 10.8. The summed E-state index contributed by atoms with van der Waals surface area (Å²) in [5.74, 6) is 0.811. The Hall–Kier alpha value is -1.03. The lowest BCUT2D eigenvalue weighted by Gasteiger charge is -2.23. The molecule has 1 aliphatic carbocycles. The molecule has 126 valence electrons. The van der Waals surface area contributed by atoms with Crippen molar-refractivity contribution in [1.82, 2.24) is 14.7 Å². The van der Waals surface area contributed by atoms with Gasteiger partial charge in [-0.05, 0) is 52.2 Å². The largest absolute Gasteiger partial charge is 0.477 e. The predicted molar refractivity (Wildman–Crippen MR) is 91.6 cm³/mol. The average molecular weight is 307 g/mol. The highest BCUT2D eigenvalue weighted by atomic mass is 16.5. The van der Waals surface area contributed by atoms with Crippen LogP contribution in [0.1, 0.15) is 70.5 Å². The summed E-state index contributed by atoms with van der Waals surface area (Å²) >= 11 is 0. The van der Waals surface area contributed by atoms with Crippen LogP contribution in [-0.4, -0.2) is 40.9 Å². The molecule has 0 atom stereocenters. The monoisotopic (exact) mass is 307 g/mol. The second-order valence-corrected chi connectivity index (χ2v) is 6.44. The standard InChI is InChI=1S/C18H33N3O/c1-4-20(5-2)13-9-10-14-22-18-15-16(3)21(19-18)17-11-7-6-8-12-17/h15,17H,4-14H2,1-3H3. The number of unbranched alkanes of at least 4 members (excludes halogenated alkanes) is 1. The Morgan fingerprint density at radius 1 is 1.18 bits per heavy atom. The number of rotatable bonds is 9. The quantitative estimate of drug-likeness (QED) is 0.641. The van der Waals surface area contributed by atoms with Crippen LogP contribution in [0, 0.1) is 6.92 Å². The Morgan fingerprint density at radius 3 is 2.59 bits per heavy atom. The van der Waals surface area contributed by atoms with Gasteiger partial charge in [0, 0.05) is 11.8 Å². The first-order valence-corrected chi connectivity index (χ1v) is 9.15. The molecular weight excluding hydrogens is 274 g/mol. The van der Waals surface area contributed by atoms with Crippen LogP contribution < -0.4 is 4.74 Å². The van der Waals surface area contributed by atoms with Crippen molar-refractivity contribution in [2.45, 2.75) is 71.8 Å². The highest BCUT2D eigenvalue weighted by Crippen LogP contribution is 2.29. The molecule has 1 aromatic heterocycles. The topological polar surface area (TPSA) is 30.3 Å². The van der Waals surface area contributed by atoms with Crippen LogP contribution in [0.25, 0.3) is 0 Å². The lowest BCUT2D eigenvalue weighted by atomic mass is 9.95. The Morgan fingerprint density at radius 2 is 1.91 bits per heavy atom. The molecule has 22 heavy (non-hydrogen) atoms. The van der Waals surface area contributed by atoms with Crippen LogP contribution in [0.5, 0.6) is 5.88 Å². The average Bonchev–Trinajstić information content (AvgIpc) is 2.92. The minimum atomic E-state index is 0.591. The molecule has 1 aliphatic rings. The Bertz CT molecular complexity index is 420. The van der Waals surface area contributed by atoms with Crippen LogP contribution in [0.15, 0.2) is 6.07 Å². The predicted octanol–water partition coefficient (Wildman–Crippen LogP) is 4.20. The van der Waals surface area contributed by atoms with Gasteiger partial charge in [0.25, 0.3) is 0 Å². The summed E-state index contributed by atoms with van der Waals surface area (Å²) in [6.07, 6.45) is 8.90. The van der Waals surface area contributed by atoms with E-state index >= 15 is 0 Å². The van der Waals surface area contributed by atoms with Crippen LogP contribution >= 0.6 is 0 Å². The summed E-state index contributed by atoms with van der Waals surface area (Å²) in [6, 6.07) is 2.69. The fraction of sp³-hybridized carbons (Fsp3) is 0.833. The van der Waals surface area contributed by atoms with Crippen LogP contribution in [0.3, 0.4) is 0 Å². The number of ether oxygens (including phenoxy) is 1. The van der Waals surface area contributed by atoms with Gasteiger partial charge in [-0.3, -0.25) is 4.68 Å². The first-order valence-electron chi connectivity index (χ1n) is 9.15. The van der Waals surface area contributed by atoms with Gasteiger partial charge >= 0.3 is 0 Å². The number of aryl methyl sites for hydroxylation is 1. The molecule has 0 aromatic carbocycles. The maximum atomic E-state index is 5.86. The molecule has 1 fully saturated rings. The Labute approximate surface area is 135 Å². The van der Waals surface area contributed by atoms with E-state index in [1.165, 1.54) is 50.8 Å². The van der Waals surface area contributed by atoms with Gasteiger partial charge in [0.1, 0.15) is 0 Å². The SMILES string of the molecule is CCN(CC)CCCCOc1cc(C)n(C2CCCCC2)n1. The van der Waals surface area contributed by atoms with Crippen LogP contribution in [-0.2, 0) is 0 Å². The van der Waals surface area contributed by atoms with E-state index < -0.39 is 0 Å². The van der Waals surface area contributed by atoms with Crippen LogP contribution in [0.2, 0.25) is 0 Å². The summed E-state index contributed by atoms with van der Waals surface area (Å²) in [5.41, 5.74) is 1.24. The van der Waals surface area contributed by atoms with Crippen molar-refractivity contribution in [3.05, 3.63) is 11.8 Å². The van der Waals surface area contributed by atoms with Gasteiger partial charge in [-0.1, -0.05) is 33.1 Å². The number of nitrogens with zero attached hydrogens (tertiary/aromatic N) is 3. The molecule has 0 saturated heterocycles. The van der Waals surface area contributed by atoms with Gasteiger partial charge in [0.2, 0.25) is 5.88 Å². The molecule has 4 heteroatoms. The third-order valence-corrected chi connectivity index (χ3v) is 4.83. The number of hydrogen-bond acceptors (Lipinski definition) is 3. The second-order valence-electron chi connectivity index (χ2n) is 6.44. The molecule has 0 amide bonds. The zero-order valence-electron chi connectivity index (χ0n) is 14.7. The highest BCUT2D eigenvalue weighted by Gasteiger charge is 2.18. The van der Waals surface area contributed by atoms with Crippen molar-refractivity contribution >= 4 is 0 Å². The van der Waals surface area contributed by atoms with E-state index in [9.17, 15) is 0 Å². The van der Waals surface area contributed by atoms with E-state index in [0.29, 0.717) is 6.04 Å². The Kier molecular flexibility index (Phi) is 7.23. The van der Waals surface area contributed by atoms with E-state index in [1.54, 1.807) is 0 Å². The molecule has 0 bridgehead atoms. The molecule has 2 rings (SSSR count). The van der Waals surface area contributed by atoms with E-state index in [-0.39, 0.29) is 0 Å². The van der Waals surface area contributed by atoms with Gasteiger partial charge in [-0.15, -0.1) is 5.10 Å². The first kappa shape index (κ1) is 17.3. The maximum absolute atomic E-state index is 5.86. The minimum Gasteiger partial charge on any atom is -0.477 e. The smallest absolute Gasteiger partial charge is 0.233 e. The molecule has 1 heterocycles. The van der Waals surface area contributed by atoms with Crippen molar-refractivity contribution < 1.29 is 4.74 Å². The summed E-state index contributed by atoms with van der Waals surface area (Å²) in [4.78, 5) is 2.46. The Balaban J connectivity index is 1.72. The molecule has 1 saturated carbocycles. The van der Waals surface area contributed by atoms with E-state index in [1.807, 2.05) is 0 Å². The molecule has 0 N–H and O–H groups in total. The third-order valence-electron chi connectivity index (χ3n) is 4.83. The third kappa shape index (κ3) is 5.01. The normalized spacial score (nSPS) is 16.4. The van der Waals surface area contributed by atoms with Gasteiger partial charge in [-0.2, -0.15) is 0 Å². The minimum absolute atomic E-state index is 0.591. The maximum Gasteiger partial charge on any atom is 0.233 e. The summed E-state index contributed by atoms with van der Waals surface area (Å²) < 4.78 is 8.06. The van der Waals surface area contributed by atoms with Crippen molar-refractivity contribution in [3.8, 4) is 5.88 Å². The first-order chi connectivity index (χ1) is 10.7. The van der Waals surface area contributed by atoms with E-state index in [4.69, 9.17) is 4.74 Å². The van der Waals surface area contributed by atoms with E-state index in [2.05, 4.69) is 41.5 Å². The zero-order chi connectivity index (χ0) is 15.8. The van der Waals surface area contributed by atoms with Crippen molar-refractivity contribution in [2.24, 2.45) is 0 Å². The molecule has 0 unspecified atom stereocenters. The van der Waals surface area contributed by atoms with Gasteiger partial charge in [-0.25, -0.2) is 0 Å². The van der Waals surface area contributed by atoms with Crippen molar-refractivity contribution in [2.75, 3.05) is 26.2 Å². The zero-order valence-corrected chi connectivity index (χ0v) is 14.7. The number of aromatic nitrogens is 2. The van der Waals surface area contributed by atoms with Crippen molar-refractivity contribution in [1.29, 1.82) is 0 Å². The van der Waals surface area contributed by atoms with Crippen molar-refractivity contribution in [3.63, 3.8) is 0 Å². The van der Waals surface area contributed by atoms with Gasteiger partial charge in [0.05, 0.1) is 12.6 Å². The van der Waals surface area contributed by atoms with Gasteiger partial charge in [0.15, 0.2) is 0 Å². The number of hydrogen-bond donors (Lipinski definition) is 0. The molecule has 0 radical (unpaired) electrons. The fourth-order valence-corrected chi connectivity index (χ4v) is 3.38. The molecule has 0 aliphatic heterocycles. The molecule has 0 spiro atoms. The molecule has 4 nitrogen and oxygen atoms in total. The molecular formula is C18H33N3O. The summed E-state index contributed by atoms with van der Waals surface area (Å²) in [7, 11) is 0. The fourth-order valence-electron chi connectivity index (χ4n) is 3.38. The summed E-state index contributed by atoms with van der Waals surface area (Å²) in [5, 5.41) is 4.68. The van der Waals surface area contributed by atoms with Crippen LogP contribution in [0.4, 0.5) is 0 Å². The highest BCUT2D eigenvalue weighted by molar-refractivity contribution is 5.15.